The highest BCUT2D eigenvalue weighted by Crippen LogP contribution is 2.19. The molecule has 3 aromatic rings. The van der Waals surface area contributed by atoms with Crippen molar-refractivity contribution in [2.45, 2.75) is 13.8 Å². The summed E-state index contributed by atoms with van der Waals surface area (Å²) in [5, 5.41) is 2.37. The lowest BCUT2D eigenvalue weighted by atomic mass is 10.2. The Morgan fingerprint density at radius 2 is 1.89 bits per heavy atom. The minimum atomic E-state index is -0.897. The Morgan fingerprint density at radius 3 is 2.56 bits per heavy atom. The highest BCUT2D eigenvalue weighted by molar-refractivity contribution is 6.09. The second-order valence-electron chi connectivity index (χ2n) is 5.80. The van der Waals surface area contributed by atoms with Crippen molar-refractivity contribution in [3.8, 4) is 0 Å². The van der Waals surface area contributed by atoms with Gasteiger partial charge in [0.15, 0.2) is 5.69 Å². The zero-order chi connectivity index (χ0) is 19.6. The van der Waals surface area contributed by atoms with E-state index in [2.05, 4.69) is 10.3 Å². The van der Waals surface area contributed by atoms with E-state index < -0.39 is 17.5 Å². The van der Waals surface area contributed by atoms with Crippen LogP contribution in [0, 0.1) is 11.6 Å². The normalized spacial score (nSPS) is 10.8. The van der Waals surface area contributed by atoms with Crippen LogP contribution in [0.15, 0.2) is 42.6 Å². The minimum Gasteiger partial charge on any atom is -0.337 e. The van der Waals surface area contributed by atoms with E-state index in [0.717, 1.165) is 12.1 Å². The highest BCUT2D eigenvalue weighted by Gasteiger charge is 2.24. The van der Waals surface area contributed by atoms with Gasteiger partial charge in [-0.1, -0.05) is 6.07 Å². The van der Waals surface area contributed by atoms with Gasteiger partial charge in [-0.25, -0.2) is 13.8 Å². The van der Waals surface area contributed by atoms with E-state index in [1.54, 1.807) is 29.3 Å². The largest absolute Gasteiger partial charge is 0.337 e. The van der Waals surface area contributed by atoms with Gasteiger partial charge in [-0.15, -0.1) is 0 Å². The van der Waals surface area contributed by atoms with Crippen LogP contribution in [-0.2, 0) is 0 Å². The van der Waals surface area contributed by atoms with Crippen LogP contribution in [0.2, 0.25) is 0 Å². The number of benzene rings is 1. The van der Waals surface area contributed by atoms with Gasteiger partial charge in [-0.3, -0.25) is 14.0 Å². The van der Waals surface area contributed by atoms with Crippen LogP contribution in [0.1, 0.15) is 35.0 Å². The number of halogens is 2. The Labute approximate surface area is 154 Å². The molecule has 2 heterocycles. The molecule has 0 bridgehead atoms. The molecule has 0 unspecified atom stereocenters. The first kappa shape index (κ1) is 18.5. The number of carbonyl (C=O) groups excluding carboxylic acids is 2. The Bertz CT molecular complexity index is 1010. The lowest BCUT2D eigenvalue weighted by molar-refractivity contribution is 0.0760. The van der Waals surface area contributed by atoms with Crippen molar-refractivity contribution in [3.63, 3.8) is 0 Å². The molecule has 0 aliphatic rings. The fourth-order valence-electron chi connectivity index (χ4n) is 2.78. The van der Waals surface area contributed by atoms with Crippen molar-refractivity contribution >= 4 is 23.0 Å². The predicted molar refractivity (Wildman–Crippen MR) is 96.8 cm³/mol. The molecule has 8 heteroatoms. The van der Waals surface area contributed by atoms with Crippen LogP contribution in [-0.4, -0.2) is 39.2 Å². The summed E-state index contributed by atoms with van der Waals surface area (Å²) in [5.74, 6) is -2.55. The maximum Gasteiger partial charge on any atom is 0.290 e. The van der Waals surface area contributed by atoms with Gasteiger partial charge in [0.2, 0.25) is 5.82 Å². The molecular weight excluding hydrogens is 354 g/mol. The molecule has 2 aromatic heterocycles. The standard InChI is InChI=1S/C19H18F2N4O2/c1-3-24(4-2)19(27)17-23-16(15-7-5-6-10-25(15)17)18(26)22-14-9-8-12(20)11-13(14)21/h5-11H,3-4H2,1-2H3,(H,22,26). The molecule has 0 radical (unpaired) electrons. The number of hydrogen-bond acceptors (Lipinski definition) is 3. The number of hydrogen-bond donors (Lipinski definition) is 1. The third kappa shape index (κ3) is 3.51. The van der Waals surface area contributed by atoms with E-state index in [-0.39, 0.29) is 23.1 Å². The molecule has 3 rings (SSSR count). The summed E-state index contributed by atoms with van der Waals surface area (Å²) in [6, 6.07) is 7.91. The molecule has 6 nitrogen and oxygen atoms in total. The van der Waals surface area contributed by atoms with Gasteiger partial charge < -0.3 is 10.2 Å². The van der Waals surface area contributed by atoms with Gasteiger partial charge in [-0.05, 0) is 38.1 Å². The molecule has 27 heavy (non-hydrogen) atoms. The maximum absolute atomic E-state index is 13.8. The number of pyridine rings is 1. The fraction of sp³-hybridized carbons (Fsp3) is 0.211. The summed E-state index contributed by atoms with van der Waals surface area (Å²) in [6.07, 6.45) is 1.63. The van der Waals surface area contributed by atoms with Gasteiger partial charge in [0.1, 0.15) is 11.6 Å². The quantitative estimate of drug-likeness (QED) is 0.747. The third-order valence-corrected chi connectivity index (χ3v) is 4.18. The summed E-state index contributed by atoms with van der Waals surface area (Å²) >= 11 is 0. The molecule has 140 valence electrons. The number of fused-ring (bicyclic) bond motifs is 1. The number of aromatic nitrogens is 2. The molecule has 2 amide bonds. The molecule has 0 aliphatic heterocycles. The summed E-state index contributed by atoms with van der Waals surface area (Å²) in [6.45, 7) is 4.70. The Kier molecular flexibility index (Phi) is 5.16. The van der Waals surface area contributed by atoms with Crippen molar-refractivity contribution in [2.75, 3.05) is 18.4 Å². The van der Waals surface area contributed by atoms with Gasteiger partial charge in [0.05, 0.1) is 11.2 Å². The van der Waals surface area contributed by atoms with E-state index in [9.17, 15) is 18.4 Å². The van der Waals surface area contributed by atoms with Crippen LogP contribution in [0.25, 0.3) is 5.52 Å². The molecule has 0 saturated carbocycles. The first-order chi connectivity index (χ1) is 13.0. The van der Waals surface area contributed by atoms with Crippen molar-refractivity contribution in [1.82, 2.24) is 14.3 Å². The second kappa shape index (κ2) is 7.53. The molecule has 0 spiro atoms. The first-order valence-corrected chi connectivity index (χ1v) is 8.49. The predicted octanol–water partition coefficient (Wildman–Crippen LogP) is 3.35. The SMILES string of the molecule is CCN(CC)C(=O)c1nc(C(=O)Nc2ccc(F)cc2F)c2ccccn12. The van der Waals surface area contributed by atoms with Gasteiger partial charge in [0, 0.05) is 25.4 Å². The monoisotopic (exact) mass is 372 g/mol. The summed E-state index contributed by atoms with van der Waals surface area (Å²) in [4.78, 5) is 31.2. The van der Waals surface area contributed by atoms with E-state index in [0.29, 0.717) is 24.7 Å². The maximum atomic E-state index is 13.8. The smallest absolute Gasteiger partial charge is 0.290 e. The minimum absolute atomic E-state index is 0.0187. The van der Waals surface area contributed by atoms with Crippen LogP contribution in [0.5, 0.6) is 0 Å². The second-order valence-corrected chi connectivity index (χ2v) is 5.80. The number of amides is 2. The summed E-state index contributed by atoms with van der Waals surface area (Å²) in [7, 11) is 0. The number of imidazole rings is 1. The van der Waals surface area contributed by atoms with E-state index in [1.807, 2.05) is 13.8 Å². The molecule has 0 saturated heterocycles. The zero-order valence-electron chi connectivity index (χ0n) is 14.9. The molecule has 0 atom stereocenters. The van der Waals surface area contributed by atoms with Crippen molar-refractivity contribution in [3.05, 3.63) is 65.7 Å². The Hall–Kier alpha value is -3.29. The van der Waals surface area contributed by atoms with Gasteiger partial charge in [-0.2, -0.15) is 0 Å². The number of carbonyl (C=O) groups is 2. The average molecular weight is 372 g/mol. The molecule has 1 aromatic carbocycles. The number of nitrogens with zero attached hydrogens (tertiary/aromatic N) is 3. The van der Waals surface area contributed by atoms with Gasteiger partial charge >= 0.3 is 0 Å². The molecular formula is C19H18F2N4O2. The van der Waals surface area contributed by atoms with Crippen molar-refractivity contribution < 1.29 is 18.4 Å². The van der Waals surface area contributed by atoms with Crippen LogP contribution in [0.3, 0.4) is 0 Å². The van der Waals surface area contributed by atoms with Crippen molar-refractivity contribution in [1.29, 1.82) is 0 Å². The number of nitrogens with one attached hydrogen (secondary N) is 1. The highest BCUT2D eigenvalue weighted by atomic mass is 19.1. The van der Waals surface area contributed by atoms with E-state index in [1.165, 1.54) is 4.40 Å². The zero-order valence-corrected chi connectivity index (χ0v) is 14.9. The molecule has 0 aliphatic carbocycles. The van der Waals surface area contributed by atoms with Crippen LogP contribution >= 0.6 is 0 Å². The van der Waals surface area contributed by atoms with E-state index >= 15 is 0 Å². The Morgan fingerprint density at radius 1 is 1.15 bits per heavy atom. The van der Waals surface area contributed by atoms with Gasteiger partial charge in [0.25, 0.3) is 11.8 Å². The lowest BCUT2D eigenvalue weighted by Crippen LogP contribution is -2.32. The average Bonchev–Trinajstić information content (AvgIpc) is 3.04. The molecule has 0 fully saturated rings. The number of anilines is 1. The Balaban J connectivity index is 2.01. The number of rotatable bonds is 5. The third-order valence-electron chi connectivity index (χ3n) is 4.18. The topological polar surface area (TPSA) is 66.7 Å². The lowest BCUT2D eigenvalue weighted by Gasteiger charge is -2.17. The van der Waals surface area contributed by atoms with Crippen LogP contribution in [0.4, 0.5) is 14.5 Å². The van der Waals surface area contributed by atoms with Crippen LogP contribution < -0.4 is 5.32 Å². The first-order valence-electron chi connectivity index (χ1n) is 8.49. The summed E-state index contributed by atoms with van der Waals surface area (Å²) < 4.78 is 28.4. The van der Waals surface area contributed by atoms with E-state index in [4.69, 9.17) is 0 Å². The van der Waals surface area contributed by atoms with Crippen molar-refractivity contribution in [2.24, 2.45) is 0 Å². The molecule has 1 N–H and O–H groups in total. The fourth-order valence-corrected chi connectivity index (χ4v) is 2.78. The summed E-state index contributed by atoms with van der Waals surface area (Å²) in [5.41, 5.74) is 0.220.